The maximum absolute atomic E-state index is 4.90. The van der Waals surface area contributed by atoms with Gasteiger partial charge in [-0.2, -0.15) is 5.10 Å². The topological polar surface area (TPSA) is 95.2 Å². The van der Waals surface area contributed by atoms with Crippen molar-refractivity contribution in [1.82, 2.24) is 30.1 Å². The number of H-pyrrole nitrogens is 2. The van der Waals surface area contributed by atoms with Crippen molar-refractivity contribution in [2.24, 2.45) is 5.41 Å². The largest absolute Gasteiger partial charge is 0.358 e. The van der Waals surface area contributed by atoms with E-state index in [0.29, 0.717) is 0 Å². The fourth-order valence-electron chi connectivity index (χ4n) is 3.34. The zero-order chi connectivity index (χ0) is 21.6. The highest BCUT2D eigenvalue weighted by atomic mass is 15.1. The summed E-state index contributed by atoms with van der Waals surface area (Å²) < 4.78 is 0. The highest BCUT2D eigenvalue weighted by Crippen LogP contribution is 2.30. The van der Waals surface area contributed by atoms with E-state index in [1.54, 1.807) is 12.4 Å². The molecule has 0 aliphatic carbocycles. The first-order valence-electron chi connectivity index (χ1n) is 10.1. The summed E-state index contributed by atoms with van der Waals surface area (Å²) >= 11 is 0. The minimum atomic E-state index is -0.0483. The molecule has 0 aromatic carbocycles. The second-order valence-corrected chi connectivity index (χ2v) is 8.60. The van der Waals surface area contributed by atoms with Gasteiger partial charge in [-0.05, 0) is 36.4 Å². The van der Waals surface area contributed by atoms with Crippen molar-refractivity contribution in [3.8, 4) is 22.6 Å². The van der Waals surface area contributed by atoms with Crippen LogP contribution in [0.3, 0.4) is 0 Å². The number of pyridine rings is 3. The first kappa shape index (κ1) is 19.0. The van der Waals surface area contributed by atoms with Crippen LogP contribution in [0.15, 0.2) is 67.3 Å². The molecule has 0 saturated carbocycles. The lowest BCUT2D eigenvalue weighted by Crippen LogP contribution is -2.15. The van der Waals surface area contributed by atoms with Crippen LogP contribution in [0, 0.1) is 5.41 Å². The van der Waals surface area contributed by atoms with E-state index < -0.39 is 0 Å². The number of fused-ring (bicyclic) bond motifs is 2. The number of hydrogen-bond donors (Lipinski definition) is 3. The Labute approximate surface area is 179 Å². The van der Waals surface area contributed by atoms with E-state index in [1.807, 2.05) is 42.6 Å². The van der Waals surface area contributed by atoms with Crippen molar-refractivity contribution in [2.75, 3.05) is 5.32 Å². The fraction of sp³-hybridized carbons (Fsp3) is 0.167. The Morgan fingerprint density at radius 2 is 1.97 bits per heavy atom. The van der Waals surface area contributed by atoms with Crippen LogP contribution in [0.25, 0.3) is 44.7 Å². The van der Waals surface area contributed by atoms with Gasteiger partial charge < -0.3 is 10.3 Å². The molecule has 0 aliphatic rings. The van der Waals surface area contributed by atoms with Crippen LogP contribution in [0.4, 0.5) is 5.69 Å². The van der Waals surface area contributed by atoms with E-state index >= 15 is 0 Å². The zero-order valence-corrected chi connectivity index (χ0v) is 17.7. The van der Waals surface area contributed by atoms with Gasteiger partial charge in [0.2, 0.25) is 0 Å². The number of aromatic amines is 2. The lowest BCUT2D eigenvalue weighted by molar-refractivity contribution is 0.509. The second kappa shape index (κ2) is 7.05. The Kier molecular flexibility index (Phi) is 4.32. The minimum Gasteiger partial charge on any atom is -0.358 e. The molecule has 0 spiro atoms. The number of anilines is 1. The number of allylic oxidation sites excluding steroid dienone is 1. The molecule has 0 bridgehead atoms. The monoisotopic (exact) mass is 409 g/mol. The number of nitrogens with zero attached hydrogens (tertiary/aromatic N) is 4. The molecule has 0 fully saturated rings. The van der Waals surface area contributed by atoms with Crippen LogP contribution in [0.2, 0.25) is 0 Å². The molecule has 0 amide bonds. The minimum absolute atomic E-state index is 0.0483. The molecule has 0 unspecified atom stereocenters. The van der Waals surface area contributed by atoms with Gasteiger partial charge in [-0.3, -0.25) is 10.1 Å². The van der Waals surface area contributed by atoms with E-state index in [1.165, 1.54) is 0 Å². The molecule has 154 valence electrons. The molecule has 5 heterocycles. The molecule has 31 heavy (non-hydrogen) atoms. The summed E-state index contributed by atoms with van der Waals surface area (Å²) in [5.41, 5.74) is 7.63. The van der Waals surface area contributed by atoms with Crippen molar-refractivity contribution in [2.45, 2.75) is 20.8 Å². The van der Waals surface area contributed by atoms with Crippen molar-refractivity contribution in [3.63, 3.8) is 0 Å². The Morgan fingerprint density at radius 1 is 1.10 bits per heavy atom. The first-order valence-corrected chi connectivity index (χ1v) is 10.1. The molecule has 0 aliphatic heterocycles. The molecule has 0 saturated heterocycles. The third-order valence-corrected chi connectivity index (χ3v) is 5.29. The van der Waals surface area contributed by atoms with Gasteiger partial charge in [0.05, 0.1) is 28.8 Å². The normalized spacial score (nSPS) is 11.8. The van der Waals surface area contributed by atoms with Gasteiger partial charge in [0, 0.05) is 34.5 Å². The molecule has 0 atom stereocenters. The number of rotatable bonds is 4. The molecular formula is C24H23N7. The summed E-state index contributed by atoms with van der Waals surface area (Å²) in [6, 6.07) is 12.0. The summed E-state index contributed by atoms with van der Waals surface area (Å²) in [5.74, 6) is 0. The SMILES string of the molecule is C=C(Nc1cncc(-c2ccc3[nH]nc(-c4cc5cccnc5[nH]4)c3n2)c1)C(C)(C)C. The maximum Gasteiger partial charge on any atom is 0.137 e. The van der Waals surface area contributed by atoms with Crippen molar-refractivity contribution < 1.29 is 0 Å². The van der Waals surface area contributed by atoms with Gasteiger partial charge in [-0.1, -0.05) is 27.4 Å². The fourth-order valence-corrected chi connectivity index (χ4v) is 3.34. The van der Waals surface area contributed by atoms with Crippen LogP contribution in [-0.4, -0.2) is 30.1 Å². The van der Waals surface area contributed by atoms with Crippen LogP contribution in [0.5, 0.6) is 0 Å². The van der Waals surface area contributed by atoms with Crippen LogP contribution in [0.1, 0.15) is 20.8 Å². The molecule has 7 heteroatoms. The third kappa shape index (κ3) is 3.54. The van der Waals surface area contributed by atoms with Crippen LogP contribution < -0.4 is 5.32 Å². The maximum atomic E-state index is 4.90. The average molecular weight is 409 g/mol. The zero-order valence-electron chi connectivity index (χ0n) is 17.7. The van der Waals surface area contributed by atoms with E-state index in [-0.39, 0.29) is 5.41 Å². The summed E-state index contributed by atoms with van der Waals surface area (Å²) in [5, 5.41) is 12.0. The molecule has 5 aromatic heterocycles. The van der Waals surface area contributed by atoms with Gasteiger partial charge in [-0.25, -0.2) is 9.97 Å². The molecule has 5 aromatic rings. The third-order valence-electron chi connectivity index (χ3n) is 5.29. The van der Waals surface area contributed by atoms with Crippen LogP contribution >= 0.6 is 0 Å². The Bertz CT molecular complexity index is 1390. The van der Waals surface area contributed by atoms with Gasteiger partial charge >= 0.3 is 0 Å². The van der Waals surface area contributed by atoms with E-state index in [0.717, 1.165) is 56.1 Å². The Balaban J connectivity index is 1.54. The van der Waals surface area contributed by atoms with Crippen molar-refractivity contribution in [1.29, 1.82) is 0 Å². The lowest BCUT2D eigenvalue weighted by atomic mass is 9.93. The first-order chi connectivity index (χ1) is 14.9. The number of aromatic nitrogens is 6. The Hall–Kier alpha value is -4.00. The molecular weight excluding hydrogens is 386 g/mol. The van der Waals surface area contributed by atoms with Gasteiger partial charge in [-0.15, -0.1) is 0 Å². The average Bonchev–Trinajstić information content (AvgIpc) is 3.36. The summed E-state index contributed by atoms with van der Waals surface area (Å²) in [6.07, 6.45) is 5.37. The van der Waals surface area contributed by atoms with Gasteiger partial charge in [0.1, 0.15) is 16.9 Å². The van der Waals surface area contributed by atoms with Gasteiger partial charge in [0.25, 0.3) is 0 Å². The highest BCUT2D eigenvalue weighted by molar-refractivity contribution is 5.93. The van der Waals surface area contributed by atoms with Crippen LogP contribution in [-0.2, 0) is 0 Å². The lowest BCUT2D eigenvalue weighted by Gasteiger charge is -2.23. The predicted octanol–water partition coefficient (Wildman–Crippen LogP) is 5.53. The summed E-state index contributed by atoms with van der Waals surface area (Å²) in [6.45, 7) is 10.5. The summed E-state index contributed by atoms with van der Waals surface area (Å²) in [4.78, 5) is 17.0. The quantitative estimate of drug-likeness (QED) is 0.362. The van der Waals surface area contributed by atoms with E-state index in [4.69, 9.17) is 4.98 Å². The van der Waals surface area contributed by atoms with Crippen molar-refractivity contribution >= 4 is 27.8 Å². The van der Waals surface area contributed by atoms with E-state index in [2.05, 4.69) is 57.8 Å². The van der Waals surface area contributed by atoms with Crippen molar-refractivity contribution in [3.05, 3.63) is 67.3 Å². The highest BCUT2D eigenvalue weighted by Gasteiger charge is 2.16. The molecule has 0 radical (unpaired) electrons. The number of nitrogens with one attached hydrogen (secondary N) is 3. The number of hydrogen-bond acceptors (Lipinski definition) is 5. The summed E-state index contributed by atoms with van der Waals surface area (Å²) in [7, 11) is 0. The van der Waals surface area contributed by atoms with E-state index in [9.17, 15) is 0 Å². The Morgan fingerprint density at radius 3 is 2.77 bits per heavy atom. The predicted molar refractivity (Wildman–Crippen MR) is 124 cm³/mol. The molecule has 7 nitrogen and oxygen atoms in total. The molecule has 5 rings (SSSR count). The smallest absolute Gasteiger partial charge is 0.137 e. The molecule has 3 N–H and O–H groups in total. The van der Waals surface area contributed by atoms with Gasteiger partial charge in [0.15, 0.2) is 0 Å². The second-order valence-electron chi connectivity index (χ2n) is 8.60. The standard InChI is InChI=1S/C24H23N7/c1-14(24(2,3)4)27-17-10-16(12-25-13-17)18-7-8-19-21(28-18)22(31-30-19)20-11-15-6-5-9-26-23(15)29-20/h5-13,27H,1H2,2-4H3,(H,26,29)(H,30,31).